The zero-order valence-electron chi connectivity index (χ0n) is 10.8. The Morgan fingerprint density at radius 3 is 2.84 bits per heavy atom. The van der Waals surface area contributed by atoms with Crippen LogP contribution in [0.25, 0.3) is 0 Å². The lowest BCUT2D eigenvalue weighted by Gasteiger charge is -2.19. The van der Waals surface area contributed by atoms with Gasteiger partial charge in [0.2, 0.25) is 0 Å². The molecular weight excluding hydrogens is 234 g/mol. The van der Waals surface area contributed by atoms with Gasteiger partial charge in [-0.3, -0.25) is 5.43 Å². The van der Waals surface area contributed by atoms with Crippen LogP contribution in [-0.2, 0) is 6.42 Å². The number of rotatable bonds is 3. The molecule has 3 nitrogen and oxygen atoms in total. The zero-order valence-corrected chi connectivity index (χ0v) is 10.8. The Morgan fingerprint density at radius 1 is 1.05 bits per heavy atom. The first-order valence-electron chi connectivity index (χ1n) is 6.63. The number of anilines is 2. The van der Waals surface area contributed by atoms with E-state index in [4.69, 9.17) is 0 Å². The van der Waals surface area contributed by atoms with E-state index >= 15 is 0 Å². The lowest BCUT2D eigenvalue weighted by molar-refractivity contribution is 0.830. The van der Waals surface area contributed by atoms with E-state index in [-0.39, 0.29) is 0 Å². The Hall–Kier alpha value is -2.29. The normalized spacial score (nSPS) is 13.9. The summed E-state index contributed by atoms with van der Waals surface area (Å²) in [6.45, 7) is 1.05. The zero-order chi connectivity index (χ0) is 12.9. The average molecular weight is 251 g/mol. The van der Waals surface area contributed by atoms with Gasteiger partial charge in [0.25, 0.3) is 0 Å². The summed E-state index contributed by atoms with van der Waals surface area (Å²) in [4.78, 5) is 0. The van der Waals surface area contributed by atoms with E-state index in [1.807, 2.05) is 36.5 Å². The highest BCUT2D eigenvalue weighted by Gasteiger charge is 2.10. The molecule has 3 heteroatoms. The highest BCUT2D eigenvalue weighted by atomic mass is 15.3. The van der Waals surface area contributed by atoms with Gasteiger partial charge in [-0.15, -0.1) is 0 Å². The fourth-order valence-electron chi connectivity index (χ4n) is 2.33. The largest absolute Gasteiger partial charge is 0.384 e. The number of para-hydroxylation sites is 2. The fourth-order valence-corrected chi connectivity index (χ4v) is 2.33. The van der Waals surface area contributed by atoms with Crippen LogP contribution in [-0.4, -0.2) is 12.8 Å². The van der Waals surface area contributed by atoms with Crippen molar-refractivity contribution in [3.63, 3.8) is 0 Å². The fraction of sp³-hybridized carbons (Fsp3) is 0.188. The van der Waals surface area contributed by atoms with E-state index < -0.39 is 0 Å². The van der Waals surface area contributed by atoms with Crippen molar-refractivity contribution in [3.8, 4) is 0 Å². The van der Waals surface area contributed by atoms with Gasteiger partial charge in [0.05, 0.1) is 11.9 Å². The highest BCUT2D eigenvalue weighted by molar-refractivity contribution is 5.89. The molecule has 19 heavy (non-hydrogen) atoms. The van der Waals surface area contributed by atoms with Crippen molar-refractivity contribution in [2.75, 3.05) is 17.3 Å². The Morgan fingerprint density at radius 2 is 1.95 bits per heavy atom. The van der Waals surface area contributed by atoms with E-state index in [0.29, 0.717) is 0 Å². The van der Waals surface area contributed by atoms with Gasteiger partial charge in [-0.05, 0) is 30.5 Å². The summed E-state index contributed by atoms with van der Waals surface area (Å²) in [5, 5.41) is 7.77. The van der Waals surface area contributed by atoms with Crippen molar-refractivity contribution >= 4 is 17.6 Å². The molecule has 2 N–H and O–H groups in total. The van der Waals surface area contributed by atoms with Crippen molar-refractivity contribution in [2.45, 2.75) is 12.8 Å². The molecular formula is C16H17N3. The molecule has 1 heterocycles. The van der Waals surface area contributed by atoms with E-state index in [0.717, 1.165) is 24.2 Å². The van der Waals surface area contributed by atoms with Gasteiger partial charge < -0.3 is 5.32 Å². The Bertz CT molecular complexity index is 576. The van der Waals surface area contributed by atoms with Crippen LogP contribution < -0.4 is 10.7 Å². The van der Waals surface area contributed by atoms with Gasteiger partial charge >= 0.3 is 0 Å². The van der Waals surface area contributed by atoms with E-state index in [1.54, 1.807) is 0 Å². The average Bonchev–Trinajstić information content (AvgIpc) is 2.49. The van der Waals surface area contributed by atoms with E-state index in [9.17, 15) is 0 Å². The molecule has 1 aliphatic rings. The van der Waals surface area contributed by atoms with Crippen molar-refractivity contribution in [3.05, 3.63) is 59.7 Å². The first kappa shape index (κ1) is 11.8. The molecule has 0 aliphatic carbocycles. The molecule has 0 bridgehead atoms. The second kappa shape index (κ2) is 5.57. The Kier molecular flexibility index (Phi) is 3.45. The van der Waals surface area contributed by atoms with E-state index in [1.165, 1.54) is 17.7 Å². The number of nitrogens with zero attached hydrogens (tertiary/aromatic N) is 1. The predicted molar refractivity (Wildman–Crippen MR) is 80.9 cm³/mol. The minimum atomic E-state index is 0.997. The number of benzene rings is 2. The summed E-state index contributed by atoms with van der Waals surface area (Å²) in [5.74, 6) is 0. The number of nitrogens with one attached hydrogen (secondary N) is 2. The summed E-state index contributed by atoms with van der Waals surface area (Å²) < 4.78 is 0. The van der Waals surface area contributed by atoms with Gasteiger partial charge in [0.15, 0.2) is 0 Å². The number of hydrazone groups is 1. The number of aryl methyl sites for hydroxylation is 1. The quantitative estimate of drug-likeness (QED) is 0.647. The van der Waals surface area contributed by atoms with Crippen LogP contribution in [0, 0.1) is 0 Å². The smallest absolute Gasteiger partial charge is 0.0565 e. The maximum atomic E-state index is 4.30. The molecule has 0 atom stereocenters. The summed E-state index contributed by atoms with van der Waals surface area (Å²) in [5.41, 5.74) is 7.79. The lowest BCUT2D eigenvalue weighted by Crippen LogP contribution is -2.13. The minimum absolute atomic E-state index is 0.997. The van der Waals surface area contributed by atoms with Gasteiger partial charge in [0, 0.05) is 17.8 Å². The summed E-state index contributed by atoms with van der Waals surface area (Å²) in [7, 11) is 0. The first-order chi connectivity index (χ1) is 9.43. The molecule has 0 aromatic heterocycles. The number of hydrogen-bond acceptors (Lipinski definition) is 3. The maximum absolute atomic E-state index is 4.30. The summed E-state index contributed by atoms with van der Waals surface area (Å²) >= 11 is 0. The third-order valence-corrected chi connectivity index (χ3v) is 3.28. The van der Waals surface area contributed by atoms with Crippen molar-refractivity contribution < 1.29 is 0 Å². The maximum Gasteiger partial charge on any atom is 0.0565 e. The second-order valence-corrected chi connectivity index (χ2v) is 4.65. The first-order valence-corrected chi connectivity index (χ1v) is 6.63. The monoisotopic (exact) mass is 251 g/mol. The minimum Gasteiger partial charge on any atom is -0.384 e. The molecule has 0 amide bonds. The summed E-state index contributed by atoms with van der Waals surface area (Å²) in [6.07, 6.45) is 4.23. The number of hydrogen-bond donors (Lipinski definition) is 2. The molecule has 0 spiro atoms. The topological polar surface area (TPSA) is 36.4 Å². The van der Waals surface area contributed by atoms with Crippen LogP contribution in [0.1, 0.15) is 17.5 Å². The molecule has 0 unspecified atom stereocenters. The number of fused-ring (bicyclic) bond motifs is 1. The van der Waals surface area contributed by atoms with Gasteiger partial charge in [-0.2, -0.15) is 5.10 Å². The molecule has 0 fully saturated rings. The van der Waals surface area contributed by atoms with Crippen molar-refractivity contribution in [1.29, 1.82) is 0 Å². The molecule has 96 valence electrons. The lowest BCUT2D eigenvalue weighted by atomic mass is 10.00. The van der Waals surface area contributed by atoms with Gasteiger partial charge in [-0.25, -0.2) is 0 Å². The molecule has 0 radical (unpaired) electrons. The van der Waals surface area contributed by atoms with Crippen LogP contribution in [0.5, 0.6) is 0 Å². The van der Waals surface area contributed by atoms with Crippen LogP contribution in [0.15, 0.2) is 53.6 Å². The molecule has 3 rings (SSSR count). The standard InChI is InChI=1S/C16H17N3/c1-2-9-15(10-3-1)19-18-12-14-7-4-6-13-8-5-11-17-16(13)14/h1-4,6-7,9-10,12,17,19H,5,8,11H2. The predicted octanol–water partition coefficient (Wildman–Crippen LogP) is 3.49. The van der Waals surface area contributed by atoms with Crippen LogP contribution in [0.3, 0.4) is 0 Å². The van der Waals surface area contributed by atoms with Crippen LogP contribution in [0.2, 0.25) is 0 Å². The molecule has 0 saturated carbocycles. The Labute approximate surface area is 113 Å². The highest BCUT2D eigenvalue weighted by Crippen LogP contribution is 2.24. The Balaban J connectivity index is 1.76. The van der Waals surface area contributed by atoms with Crippen molar-refractivity contribution in [1.82, 2.24) is 0 Å². The van der Waals surface area contributed by atoms with Crippen LogP contribution in [0.4, 0.5) is 11.4 Å². The third kappa shape index (κ3) is 2.76. The molecule has 2 aromatic rings. The molecule has 2 aromatic carbocycles. The van der Waals surface area contributed by atoms with Gasteiger partial charge in [-0.1, -0.05) is 36.4 Å². The van der Waals surface area contributed by atoms with Gasteiger partial charge in [0.1, 0.15) is 0 Å². The summed E-state index contributed by atoms with van der Waals surface area (Å²) in [6, 6.07) is 16.3. The molecule has 1 aliphatic heterocycles. The second-order valence-electron chi connectivity index (χ2n) is 4.65. The van der Waals surface area contributed by atoms with Crippen molar-refractivity contribution in [2.24, 2.45) is 5.10 Å². The van der Waals surface area contributed by atoms with E-state index in [2.05, 4.69) is 34.0 Å². The SMILES string of the molecule is C(=NNc1ccccc1)c1cccc2c1NCCC2. The molecule has 0 saturated heterocycles. The van der Waals surface area contributed by atoms with Crippen LogP contribution >= 0.6 is 0 Å². The third-order valence-electron chi connectivity index (χ3n) is 3.28.